The minimum atomic E-state index is -4.42. The van der Waals surface area contributed by atoms with Crippen LogP contribution in [0.2, 0.25) is 0 Å². The van der Waals surface area contributed by atoms with Crippen LogP contribution in [0.5, 0.6) is 0 Å². The molecule has 4 rings (SSSR count). The van der Waals surface area contributed by atoms with Gasteiger partial charge in [0.2, 0.25) is 0 Å². The molecule has 2 N–H and O–H groups in total. The summed E-state index contributed by atoms with van der Waals surface area (Å²) >= 11 is 0. The first-order chi connectivity index (χ1) is 14.4. The van der Waals surface area contributed by atoms with Gasteiger partial charge in [0.05, 0.1) is 23.0 Å². The molecule has 0 saturated carbocycles. The zero-order valence-electron chi connectivity index (χ0n) is 15.4. The number of pyridine rings is 1. The number of rotatable bonds is 4. The number of nitrogens with zero attached hydrogens (tertiary/aromatic N) is 2. The summed E-state index contributed by atoms with van der Waals surface area (Å²) in [7, 11) is 0. The molecule has 0 unspecified atom stereocenters. The van der Waals surface area contributed by atoms with Crippen LogP contribution in [0.4, 0.5) is 18.9 Å². The van der Waals surface area contributed by atoms with Gasteiger partial charge in [0.15, 0.2) is 0 Å². The summed E-state index contributed by atoms with van der Waals surface area (Å²) in [6, 6.07) is 15.3. The normalized spacial score (nSPS) is 11.3. The van der Waals surface area contributed by atoms with E-state index in [0.29, 0.717) is 33.9 Å². The molecule has 0 aliphatic carbocycles. The summed E-state index contributed by atoms with van der Waals surface area (Å²) in [6.45, 7) is 0. The van der Waals surface area contributed by atoms with Crippen LogP contribution >= 0.6 is 0 Å². The molecule has 2 aromatic heterocycles. The number of halogens is 3. The number of hydrogen-bond acceptors (Lipinski definition) is 3. The predicted octanol–water partition coefficient (Wildman–Crippen LogP) is 5.41. The maximum absolute atomic E-state index is 13.0. The van der Waals surface area contributed by atoms with E-state index in [4.69, 9.17) is 0 Å². The fourth-order valence-corrected chi connectivity index (χ4v) is 2.92. The van der Waals surface area contributed by atoms with Crippen molar-refractivity contribution in [3.63, 3.8) is 0 Å². The molecule has 0 radical (unpaired) electrons. The highest BCUT2D eigenvalue weighted by Gasteiger charge is 2.30. The highest BCUT2D eigenvalue weighted by molar-refractivity contribution is 6.04. The minimum absolute atomic E-state index is 0.302. The van der Waals surface area contributed by atoms with Gasteiger partial charge in [-0.1, -0.05) is 24.3 Å². The van der Waals surface area contributed by atoms with Crippen molar-refractivity contribution in [2.24, 2.45) is 0 Å². The van der Waals surface area contributed by atoms with Crippen molar-refractivity contribution in [1.29, 1.82) is 0 Å². The van der Waals surface area contributed by atoms with Crippen molar-refractivity contribution in [3.8, 4) is 22.6 Å². The van der Waals surface area contributed by atoms with E-state index in [1.165, 1.54) is 18.5 Å². The molecular formula is C22H15F3N4O. The number of nitrogens with one attached hydrogen (secondary N) is 2. The molecule has 0 aliphatic heterocycles. The van der Waals surface area contributed by atoms with Crippen molar-refractivity contribution in [3.05, 3.63) is 90.4 Å². The lowest BCUT2D eigenvalue weighted by molar-refractivity contribution is -0.137. The van der Waals surface area contributed by atoms with E-state index in [2.05, 4.69) is 20.3 Å². The average molecular weight is 408 g/mol. The first-order valence-electron chi connectivity index (χ1n) is 8.94. The summed E-state index contributed by atoms with van der Waals surface area (Å²) in [5, 5.41) is 2.79. The van der Waals surface area contributed by atoms with Gasteiger partial charge in [0.1, 0.15) is 5.82 Å². The zero-order chi connectivity index (χ0) is 21.1. The van der Waals surface area contributed by atoms with Gasteiger partial charge in [-0.25, -0.2) is 4.98 Å². The van der Waals surface area contributed by atoms with Crippen LogP contribution in [0.1, 0.15) is 15.9 Å². The number of amides is 1. The molecule has 2 heterocycles. The van der Waals surface area contributed by atoms with Crippen LogP contribution in [-0.2, 0) is 6.18 Å². The highest BCUT2D eigenvalue weighted by Crippen LogP contribution is 2.32. The molecule has 2 aromatic carbocycles. The molecular weight excluding hydrogens is 393 g/mol. The third-order valence-electron chi connectivity index (χ3n) is 4.39. The number of aromatic nitrogens is 3. The summed E-state index contributed by atoms with van der Waals surface area (Å²) in [4.78, 5) is 23.5. The number of H-pyrrole nitrogens is 1. The third-order valence-corrected chi connectivity index (χ3v) is 4.39. The fraction of sp³-hybridized carbons (Fsp3) is 0.0455. The van der Waals surface area contributed by atoms with Crippen LogP contribution in [0.25, 0.3) is 22.6 Å². The number of imidazole rings is 1. The molecule has 30 heavy (non-hydrogen) atoms. The first-order valence-corrected chi connectivity index (χ1v) is 8.94. The smallest absolute Gasteiger partial charge is 0.338 e. The molecule has 0 saturated heterocycles. The van der Waals surface area contributed by atoms with Gasteiger partial charge in [0.25, 0.3) is 5.91 Å². The van der Waals surface area contributed by atoms with Gasteiger partial charge in [-0.2, -0.15) is 13.2 Å². The minimum Gasteiger partial charge on any atom is -0.338 e. The number of anilines is 1. The molecule has 8 heteroatoms. The van der Waals surface area contributed by atoms with Gasteiger partial charge in [0, 0.05) is 29.2 Å². The molecule has 4 aromatic rings. The predicted molar refractivity (Wildman–Crippen MR) is 107 cm³/mol. The Kier molecular flexibility index (Phi) is 5.05. The zero-order valence-corrected chi connectivity index (χ0v) is 15.4. The SMILES string of the molecule is O=C(Nc1cccc(-c2ncc(-c3cccc(C(F)(F)F)c3)[nH]2)c1)c1cccnc1. The maximum atomic E-state index is 13.0. The van der Waals surface area contributed by atoms with E-state index in [9.17, 15) is 18.0 Å². The molecule has 0 fully saturated rings. The molecule has 0 aliphatic rings. The lowest BCUT2D eigenvalue weighted by atomic mass is 10.1. The topological polar surface area (TPSA) is 70.7 Å². The summed E-state index contributed by atoms with van der Waals surface area (Å²) in [5.41, 5.74) is 1.77. The van der Waals surface area contributed by atoms with E-state index >= 15 is 0 Å². The van der Waals surface area contributed by atoms with Crippen LogP contribution in [0.15, 0.2) is 79.3 Å². The second kappa shape index (κ2) is 7.82. The van der Waals surface area contributed by atoms with Gasteiger partial charge >= 0.3 is 6.18 Å². The lowest BCUT2D eigenvalue weighted by Crippen LogP contribution is -2.11. The van der Waals surface area contributed by atoms with Crippen molar-refractivity contribution in [2.75, 3.05) is 5.32 Å². The van der Waals surface area contributed by atoms with E-state index in [-0.39, 0.29) is 5.91 Å². The molecule has 0 spiro atoms. The summed E-state index contributed by atoms with van der Waals surface area (Å²) in [5.74, 6) is 0.171. The summed E-state index contributed by atoms with van der Waals surface area (Å²) < 4.78 is 38.9. The van der Waals surface area contributed by atoms with Gasteiger partial charge in [-0.05, 0) is 36.4 Å². The largest absolute Gasteiger partial charge is 0.416 e. The second-order valence-electron chi connectivity index (χ2n) is 6.50. The summed E-state index contributed by atoms with van der Waals surface area (Å²) in [6.07, 6.45) is 0.106. The number of alkyl halides is 3. The van der Waals surface area contributed by atoms with Crippen molar-refractivity contribution < 1.29 is 18.0 Å². The van der Waals surface area contributed by atoms with E-state index in [1.54, 1.807) is 48.7 Å². The Morgan fingerprint density at radius 3 is 2.50 bits per heavy atom. The van der Waals surface area contributed by atoms with Crippen LogP contribution in [-0.4, -0.2) is 20.9 Å². The van der Waals surface area contributed by atoms with Crippen LogP contribution < -0.4 is 5.32 Å². The Labute approximate surface area is 169 Å². The maximum Gasteiger partial charge on any atom is 0.416 e. The Bertz CT molecular complexity index is 1190. The monoisotopic (exact) mass is 408 g/mol. The standard InChI is InChI=1S/C22H15F3N4O/c23-22(24,25)17-7-1-4-14(10-17)19-13-27-20(29-19)15-5-2-8-18(11-15)28-21(30)16-6-3-9-26-12-16/h1-13H,(H,27,29)(H,28,30). The first kappa shape index (κ1) is 19.4. The van der Waals surface area contributed by atoms with Gasteiger partial charge in [-0.3, -0.25) is 9.78 Å². The Morgan fingerprint density at radius 1 is 0.933 bits per heavy atom. The molecule has 150 valence electrons. The van der Waals surface area contributed by atoms with Crippen LogP contribution in [0, 0.1) is 0 Å². The molecule has 0 bridgehead atoms. The Morgan fingerprint density at radius 2 is 1.73 bits per heavy atom. The Hall–Kier alpha value is -3.94. The van der Waals surface area contributed by atoms with Crippen molar-refractivity contribution in [2.45, 2.75) is 6.18 Å². The quantitative estimate of drug-likeness (QED) is 0.474. The number of carbonyl (C=O) groups is 1. The van der Waals surface area contributed by atoms with Crippen LogP contribution in [0.3, 0.4) is 0 Å². The third kappa shape index (κ3) is 4.22. The highest BCUT2D eigenvalue weighted by atomic mass is 19.4. The van der Waals surface area contributed by atoms with E-state index < -0.39 is 11.7 Å². The average Bonchev–Trinajstić information content (AvgIpc) is 3.24. The van der Waals surface area contributed by atoms with Gasteiger partial charge in [-0.15, -0.1) is 0 Å². The molecule has 0 atom stereocenters. The van der Waals surface area contributed by atoms with Crippen molar-refractivity contribution in [1.82, 2.24) is 15.0 Å². The number of benzene rings is 2. The fourth-order valence-electron chi connectivity index (χ4n) is 2.92. The van der Waals surface area contributed by atoms with E-state index in [0.717, 1.165) is 12.1 Å². The lowest BCUT2D eigenvalue weighted by Gasteiger charge is -2.08. The number of carbonyl (C=O) groups excluding carboxylic acids is 1. The number of aromatic amines is 1. The second-order valence-corrected chi connectivity index (χ2v) is 6.50. The van der Waals surface area contributed by atoms with Crippen molar-refractivity contribution >= 4 is 11.6 Å². The molecule has 5 nitrogen and oxygen atoms in total. The number of hydrogen-bond donors (Lipinski definition) is 2. The Balaban J connectivity index is 1.57. The van der Waals surface area contributed by atoms with E-state index in [1.807, 2.05) is 0 Å². The van der Waals surface area contributed by atoms with Gasteiger partial charge < -0.3 is 10.3 Å². The molecule has 1 amide bonds.